The van der Waals surface area contributed by atoms with Crippen LogP contribution in [0.5, 0.6) is 0 Å². The maximum absolute atomic E-state index is 3.95. The van der Waals surface area contributed by atoms with Crippen LogP contribution in [0, 0.1) is 0 Å². The molecule has 1 rings (SSSR count). The summed E-state index contributed by atoms with van der Waals surface area (Å²) in [4.78, 5) is 0. The maximum atomic E-state index is 3.95. The van der Waals surface area contributed by atoms with Gasteiger partial charge in [-0.1, -0.05) is 12.5 Å². The van der Waals surface area contributed by atoms with Gasteiger partial charge in [-0.2, -0.15) is 10.2 Å². The second-order valence-corrected chi connectivity index (χ2v) is 3.84. The SMILES string of the molecule is C=C(C)CC(NCCC)c1ccnnc1. The van der Waals surface area contributed by atoms with Crippen LogP contribution in [-0.2, 0) is 0 Å². The molecular formula is C12H19N3. The Morgan fingerprint density at radius 1 is 1.53 bits per heavy atom. The number of hydrogen-bond acceptors (Lipinski definition) is 3. The van der Waals surface area contributed by atoms with Gasteiger partial charge in [-0.15, -0.1) is 6.58 Å². The van der Waals surface area contributed by atoms with E-state index in [9.17, 15) is 0 Å². The number of nitrogens with one attached hydrogen (secondary N) is 1. The van der Waals surface area contributed by atoms with Crippen molar-refractivity contribution in [3.05, 3.63) is 36.2 Å². The molecule has 0 radical (unpaired) electrons. The van der Waals surface area contributed by atoms with Gasteiger partial charge in [0.25, 0.3) is 0 Å². The zero-order chi connectivity index (χ0) is 11.1. The summed E-state index contributed by atoms with van der Waals surface area (Å²) in [5.41, 5.74) is 2.36. The average Bonchev–Trinajstić information content (AvgIpc) is 2.25. The first-order valence-corrected chi connectivity index (χ1v) is 5.38. The molecule has 1 heterocycles. The van der Waals surface area contributed by atoms with Gasteiger partial charge in [-0.05, 0) is 37.9 Å². The lowest BCUT2D eigenvalue weighted by Crippen LogP contribution is -2.22. The predicted molar refractivity (Wildman–Crippen MR) is 62.5 cm³/mol. The molecule has 15 heavy (non-hydrogen) atoms. The minimum absolute atomic E-state index is 0.318. The Morgan fingerprint density at radius 3 is 2.87 bits per heavy atom. The van der Waals surface area contributed by atoms with Gasteiger partial charge in [-0.25, -0.2) is 0 Å². The molecule has 0 aromatic carbocycles. The molecule has 0 bridgehead atoms. The van der Waals surface area contributed by atoms with Crippen LogP contribution in [0.3, 0.4) is 0 Å². The van der Waals surface area contributed by atoms with Crippen molar-refractivity contribution in [1.82, 2.24) is 15.5 Å². The summed E-state index contributed by atoms with van der Waals surface area (Å²) in [5, 5.41) is 11.2. The van der Waals surface area contributed by atoms with Gasteiger partial charge in [0, 0.05) is 12.2 Å². The van der Waals surface area contributed by atoms with E-state index in [1.165, 1.54) is 11.1 Å². The van der Waals surface area contributed by atoms with E-state index in [2.05, 4.69) is 35.9 Å². The van der Waals surface area contributed by atoms with Crippen molar-refractivity contribution in [2.24, 2.45) is 0 Å². The van der Waals surface area contributed by atoms with Crippen molar-refractivity contribution in [1.29, 1.82) is 0 Å². The van der Waals surface area contributed by atoms with Crippen molar-refractivity contribution >= 4 is 0 Å². The van der Waals surface area contributed by atoms with E-state index < -0.39 is 0 Å². The lowest BCUT2D eigenvalue weighted by atomic mass is 10.0. The van der Waals surface area contributed by atoms with Gasteiger partial charge in [-0.3, -0.25) is 0 Å². The van der Waals surface area contributed by atoms with Crippen LogP contribution in [-0.4, -0.2) is 16.7 Å². The standard InChI is InChI=1S/C12H19N3/c1-4-6-13-12(8-10(2)3)11-5-7-14-15-9-11/h5,7,9,12-13H,2,4,6,8H2,1,3H3. The monoisotopic (exact) mass is 205 g/mol. The molecule has 1 unspecified atom stereocenters. The van der Waals surface area contributed by atoms with Gasteiger partial charge in [0.15, 0.2) is 0 Å². The smallest absolute Gasteiger partial charge is 0.0544 e. The molecule has 0 aliphatic rings. The largest absolute Gasteiger partial charge is 0.310 e. The lowest BCUT2D eigenvalue weighted by molar-refractivity contribution is 0.525. The van der Waals surface area contributed by atoms with Gasteiger partial charge < -0.3 is 5.32 Å². The topological polar surface area (TPSA) is 37.8 Å². The van der Waals surface area contributed by atoms with Gasteiger partial charge in [0.2, 0.25) is 0 Å². The van der Waals surface area contributed by atoms with E-state index in [0.717, 1.165) is 19.4 Å². The Morgan fingerprint density at radius 2 is 2.33 bits per heavy atom. The summed E-state index contributed by atoms with van der Waals surface area (Å²) in [7, 11) is 0. The molecule has 0 saturated heterocycles. The molecule has 0 amide bonds. The van der Waals surface area contributed by atoms with E-state index >= 15 is 0 Å². The zero-order valence-corrected chi connectivity index (χ0v) is 9.53. The van der Waals surface area contributed by atoms with Crippen LogP contribution in [0.15, 0.2) is 30.6 Å². The fourth-order valence-electron chi connectivity index (χ4n) is 1.48. The van der Waals surface area contributed by atoms with Crippen LogP contribution in [0.1, 0.15) is 38.3 Å². The molecule has 0 spiro atoms. The minimum Gasteiger partial charge on any atom is -0.310 e. The summed E-state index contributed by atoms with van der Waals surface area (Å²) >= 11 is 0. The highest BCUT2D eigenvalue weighted by molar-refractivity contribution is 5.14. The molecule has 1 atom stereocenters. The second-order valence-electron chi connectivity index (χ2n) is 3.84. The van der Waals surface area contributed by atoms with E-state index in [1.54, 1.807) is 6.20 Å². The third-order valence-corrected chi connectivity index (χ3v) is 2.20. The Hall–Kier alpha value is -1.22. The van der Waals surface area contributed by atoms with Crippen LogP contribution >= 0.6 is 0 Å². The second kappa shape index (κ2) is 6.30. The maximum Gasteiger partial charge on any atom is 0.0544 e. The quantitative estimate of drug-likeness (QED) is 0.725. The Balaban J connectivity index is 2.67. The van der Waals surface area contributed by atoms with Crippen molar-refractivity contribution in [2.75, 3.05) is 6.54 Å². The molecule has 0 aliphatic carbocycles. The molecule has 1 aromatic heterocycles. The fraction of sp³-hybridized carbons (Fsp3) is 0.500. The highest BCUT2D eigenvalue weighted by atomic mass is 15.1. The number of rotatable bonds is 6. The van der Waals surface area contributed by atoms with Crippen molar-refractivity contribution in [2.45, 2.75) is 32.7 Å². The highest BCUT2D eigenvalue weighted by Crippen LogP contribution is 2.18. The third kappa shape index (κ3) is 4.21. The molecule has 1 N–H and O–H groups in total. The first kappa shape index (κ1) is 11.9. The van der Waals surface area contributed by atoms with Gasteiger partial charge in [0.05, 0.1) is 6.20 Å². The average molecular weight is 205 g/mol. The highest BCUT2D eigenvalue weighted by Gasteiger charge is 2.10. The summed E-state index contributed by atoms with van der Waals surface area (Å²) in [5.74, 6) is 0. The molecular weight excluding hydrogens is 186 g/mol. The lowest BCUT2D eigenvalue weighted by Gasteiger charge is -2.18. The summed E-state index contributed by atoms with van der Waals surface area (Å²) in [6.07, 6.45) is 5.63. The van der Waals surface area contributed by atoms with Crippen LogP contribution in [0.25, 0.3) is 0 Å². The molecule has 3 heteroatoms. The summed E-state index contributed by atoms with van der Waals surface area (Å²) in [6, 6.07) is 2.32. The molecule has 0 aliphatic heterocycles. The molecule has 1 aromatic rings. The van der Waals surface area contributed by atoms with E-state index in [0.29, 0.717) is 6.04 Å². The minimum atomic E-state index is 0.318. The third-order valence-electron chi connectivity index (χ3n) is 2.20. The van der Waals surface area contributed by atoms with Crippen LogP contribution in [0.2, 0.25) is 0 Å². The Labute approximate surface area is 91.6 Å². The molecule has 0 fully saturated rings. The van der Waals surface area contributed by atoms with E-state index in [1.807, 2.05) is 12.3 Å². The number of hydrogen-bond donors (Lipinski definition) is 1. The number of nitrogens with zero attached hydrogens (tertiary/aromatic N) is 2. The van der Waals surface area contributed by atoms with E-state index in [-0.39, 0.29) is 0 Å². The van der Waals surface area contributed by atoms with Crippen molar-refractivity contribution < 1.29 is 0 Å². The first-order valence-electron chi connectivity index (χ1n) is 5.38. The number of aromatic nitrogens is 2. The van der Waals surface area contributed by atoms with Crippen LogP contribution < -0.4 is 5.32 Å². The molecule has 0 saturated carbocycles. The molecule has 82 valence electrons. The predicted octanol–water partition coefficient (Wildman–Crippen LogP) is 2.48. The first-order chi connectivity index (χ1) is 7.24. The van der Waals surface area contributed by atoms with Crippen molar-refractivity contribution in [3.8, 4) is 0 Å². The molecule has 3 nitrogen and oxygen atoms in total. The fourth-order valence-corrected chi connectivity index (χ4v) is 1.48. The normalized spacial score (nSPS) is 12.4. The van der Waals surface area contributed by atoms with Crippen molar-refractivity contribution in [3.63, 3.8) is 0 Å². The zero-order valence-electron chi connectivity index (χ0n) is 9.53. The van der Waals surface area contributed by atoms with Gasteiger partial charge in [0.1, 0.15) is 0 Å². The van der Waals surface area contributed by atoms with Crippen LogP contribution in [0.4, 0.5) is 0 Å². The summed E-state index contributed by atoms with van der Waals surface area (Å²) in [6.45, 7) is 9.18. The Kier molecular flexibility index (Phi) is 4.98. The van der Waals surface area contributed by atoms with E-state index in [4.69, 9.17) is 0 Å². The Bertz CT molecular complexity index is 295. The summed E-state index contributed by atoms with van der Waals surface area (Å²) < 4.78 is 0. The van der Waals surface area contributed by atoms with Gasteiger partial charge >= 0.3 is 0 Å².